The van der Waals surface area contributed by atoms with Gasteiger partial charge in [0.05, 0.1) is 35.8 Å². The van der Waals surface area contributed by atoms with Gasteiger partial charge < -0.3 is 28.5 Å². The Kier molecular flexibility index (Phi) is 7.94. The largest absolute Gasteiger partial charge is 0.483 e. The van der Waals surface area contributed by atoms with Gasteiger partial charge in [-0.05, 0) is 74.4 Å². The SMILES string of the molecule is Cc1cc(Cl)ccc1O[C@H](C)c1ccc(C(=O)N2CCN(Cc3nc4ccc(C(=O)O)cc4n3C[C@@H]3CCO3)CC2)o1. The predicted molar refractivity (Wildman–Crippen MR) is 156 cm³/mol. The Bertz CT molecular complexity index is 1620. The first-order valence-electron chi connectivity index (χ1n) is 14.1. The number of amides is 1. The smallest absolute Gasteiger partial charge is 0.335 e. The lowest BCUT2D eigenvalue weighted by Gasteiger charge is -2.34. The normalized spacial score (nSPS) is 18.2. The summed E-state index contributed by atoms with van der Waals surface area (Å²) in [4.78, 5) is 33.7. The lowest BCUT2D eigenvalue weighted by atomic mass is 10.1. The van der Waals surface area contributed by atoms with Crippen molar-refractivity contribution >= 4 is 34.5 Å². The standard InChI is InChI=1S/C31H33ClN4O6/c1-19-15-22(32)4-6-26(19)41-20(2)27-7-8-28(42-27)30(37)35-12-10-34(11-13-35)18-29-33-24-5-3-21(31(38)39)16-25(24)36(29)17-23-9-14-40-23/h3-8,15-16,20,23H,9-14,17-18H2,1-2H3,(H,38,39)/t20-,23+/m1/s1. The van der Waals surface area contributed by atoms with Crippen molar-refractivity contribution in [1.29, 1.82) is 0 Å². The number of ether oxygens (including phenoxy) is 2. The van der Waals surface area contributed by atoms with Crippen LogP contribution in [-0.2, 0) is 17.8 Å². The number of furan rings is 1. The second-order valence-electron chi connectivity index (χ2n) is 10.9. The molecule has 2 saturated heterocycles. The zero-order valence-corrected chi connectivity index (χ0v) is 24.3. The number of rotatable bonds is 9. The number of hydrogen-bond acceptors (Lipinski definition) is 7. The Morgan fingerprint density at radius 2 is 1.90 bits per heavy atom. The summed E-state index contributed by atoms with van der Waals surface area (Å²) in [6, 6.07) is 14.0. The Hall–Kier alpha value is -3.86. The summed E-state index contributed by atoms with van der Waals surface area (Å²) in [7, 11) is 0. The molecule has 2 aliphatic heterocycles. The molecule has 220 valence electrons. The molecule has 4 heterocycles. The number of carbonyl (C=O) groups is 2. The predicted octanol–water partition coefficient (Wildman–Crippen LogP) is 5.18. The maximum absolute atomic E-state index is 13.2. The van der Waals surface area contributed by atoms with Crippen LogP contribution in [0.5, 0.6) is 5.75 Å². The summed E-state index contributed by atoms with van der Waals surface area (Å²) in [5.74, 6) is 1.33. The van der Waals surface area contributed by atoms with Crippen molar-refractivity contribution in [2.24, 2.45) is 0 Å². The van der Waals surface area contributed by atoms with Gasteiger partial charge in [0.1, 0.15) is 17.3 Å². The molecule has 0 aliphatic carbocycles. The maximum atomic E-state index is 13.2. The van der Waals surface area contributed by atoms with Gasteiger partial charge in [0.2, 0.25) is 0 Å². The van der Waals surface area contributed by atoms with E-state index in [4.69, 9.17) is 30.5 Å². The Balaban J connectivity index is 1.09. The monoisotopic (exact) mass is 592 g/mol. The molecule has 42 heavy (non-hydrogen) atoms. The number of benzene rings is 2. The van der Waals surface area contributed by atoms with Crippen molar-refractivity contribution in [2.75, 3.05) is 32.8 Å². The van der Waals surface area contributed by atoms with Gasteiger partial charge in [0.25, 0.3) is 5.91 Å². The van der Waals surface area contributed by atoms with Crippen LogP contribution in [0.4, 0.5) is 0 Å². The van der Waals surface area contributed by atoms with Crippen LogP contribution in [0.1, 0.15) is 57.5 Å². The molecule has 2 fully saturated rings. The summed E-state index contributed by atoms with van der Waals surface area (Å²) in [5.41, 5.74) is 2.72. The fourth-order valence-electron chi connectivity index (χ4n) is 5.41. The van der Waals surface area contributed by atoms with Crippen molar-refractivity contribution in [2.45, 2.75) is 45.6 Å². The molecule has 10 nitrogen and oxygen atoms in total. The summed E-state index contributed by atoms with van der Waals surface area (Å²) >= 11 is 6.05. The van der Waals surface area contributed by atoms with Crippen LogP contribution in [0, 0.1) is 6.92 Å². The molecular weight excluding hydrogens is 560 g/mol. The number of aromatic nitrogens is 2. The molecule has 2 aromatic carbocycles. The summed E-state index contributed by atoms with van der Waals surface area (Å²) < 4.78 is 19.7. The molecule has 0 bridgehead atoms. The second-order valence-corrected chi connectivity index (χ2v) is 11.3. The van der Waals surface area contributed by atoms with E-state index in [0.29, 0.717) is 61.6 Å². The highest BCUT2D eigenvalue weighted by molar-refractivity contribution is 6.30. The number of carbonyl (C=O) groups excluding carboxylic acids is 1. The van der Waals surface area contributed by atoms with Crippen LogP contribution in [0.2, 0.25) is 5.02 Å². The Labute approximate surface area is 248 Å². The van der Waals surface area contributed by atoms with E-state index in [-0.39, 0.29) is 23.7 Å². The van der Waals surface area contributed by atoms with E-state index >= 15 is 0 Å². The fraction of sp³-hybridized carbons (Fsp3) is 0.387. The molecule has 2 aromatic heterocycles. The van der Waals surface area contributed by atoms with Crippen LogP contribution in [0.15, 0.2) is 52.9 Å². The molecule has 0 spiro atoms. The topological polar surface area (TPSA) is 110 Å². The highest BCUT2D eigenvalue weighted by atomic mass is 35.5. The lowest BCUT2D eigenvalue weighted by molar-refractivity contribution is -0.0592. The van der Waals surface area contributed by atoms with Gasteiger partial charge in [-0.15, -0.1) is 0 Å². The minimum atomic E-state index is -0.964. The zero-order valence-electron chi connectivity index (χ0n) is 23.6. The number of imidazole rings is 1. The zero-order chi connectivity index (χ0) is 29.4. The van der Waals surface area contributed by atoms with Crippen LogP contribution in [0.25, 0.3) is 11.0 Å². The van der Waals surface area contributed by atoms with Crippen molar-refractivity contribution in [1.82, 2.24) is 19.4 Å². The quantitative estimate of drug-likeness (QED) is 0.283. The number of carboxylic acid groups (broad SMARTS) is 1. The highest BCUT2D eigenvalue weighted by Gasteiger charge is 2.28. The Morgan fingerprint density at radius 1 is 1.12 bits per heavy atom. The molecular formula is C31H33ClN4O6. The number of hydrogen-bond donors (Lipinski definition) is 1. The third-order valence-corrected chi connectivity index (χ3v) is 8.19. The van der Waals surface area contributed by atoms with Crippen LogP contribution in [-0.4, -0.2) is 75.2 Å². The van der Waals surface area contributed by atoms with E-state index in [2.05, 4.69) is 9.47 Å². The van der Waals surface area contributed by atoms with Gasteiger partial charge in [-0.2, -0.15) is 0 Å². The number of halogens is 1. The number of aromatic carboxylic acids is 1. The van der Waals surface area contributed by atoms with Crippen molar-refractivity contribution in [3.05, 3.63) is 82.0 Å². The van der Waals surface area contributed by atoms with Crippen molar-refractivity contribution in [3.8, 4) is 5.75 Å². The minimum Gasteiger partial charge on any atom is -0.483 e. The summed E-state index contributed by atoms with van der Waals surface area (Å²) in [6.07, 6.45) is 0.698. The number of piperazine rings is 1. The molecule has 0 saturated carbocycles. The van der Waals surface area contributed by atoms with E-state index in [0.717, 1.165) is 35.4 Å². The molecule has 2 atom stereocenters. The van der Waals surface area contributed by atoms with Crippen LogP contribution < -0.4 is 4.74 Å². The molecule has 1 N–H and O–H groups in total. The van der Waals surface area contributed by atoms with Gasteiger partial charge in [-0.1, -0.05) is 11.6 Å². The van der Waals surface area contributed by atoms with Gasteiger partial charge in [-0.25, -0.2) is 9.78 Å². The molecule has 4 aromatic rings. The van der Waals surface area contributed by atoms with Gasteiger partial charge in [0, 0.05) is 37.8 Å². The number of fused-ring (bicyclic) bond motifs is 1. The summed E-state index contributed by atoms with van der Waals surface area (Å²) in [5, 5.41) is 10.1. The van der Waals surface area contributed by atoms with Gasteiger partial charge in [0.15, 0.2) is 11.9 Å². The number of aryl methyl sites for hydroxylation is 1. The lowest BCUT2D eigenvalue weighted by Crippen LogP contribution is -2.48. The van der Waals surface area contributed by atoms with E-state index in [1.54, 1.807) is 41.3 Å². The number of carboxylic acids is 1. The number of nitrogens with zero attached hydrogens (tertiary/aromatic N) is 4. The molecule has 11 heteroatoms. The molecule has 0 unspecified atom stereocenters. The minimum absolute atomic E-state index is 0.102. The third-order valence-electron chi connectivity index (χ3n) is 7.96. The van der Waals surface area contributed by atoms with E-state index in [9.17, 15) is 14.7 Å². The molecule has 0 radical (unpaired) electrons. The molecule has 2 aliphatic rings. The Morgan fingerprint density at radius 3 is 2.60 bits per heavy atom. The second kappa shape index (κ2) is 11.8. The van der Waals surface area contributed by atoms with Crippen LogP contribution in [0.3, 0.4) is 0 Å². The first-order chi connectivity index (χ1) is 20.2. The van der Waals surface area contributed by atoms with E-state index in [1.807, 2.05) is 26.0 Å². The van der Waals surface area contributed by atoms with E-state index < -0.39 is 5.97 Å². The first-order valence-corrected chi connectivity index (χ1v) is 14.5. The van der Waals surface area contributed by atoms with E-state index in [1.165, 1.54) is 0 Å². The third kappa shape index (κ3) is 5.88. The fourth-order valence-corrected chi connectivity index (χ4v) is 5.63. The van der Waals surface area contributed by atoms with Gasteiger partial charge in [-0.3, -0.25) is 9.69 Å². The first kappa shape index (κ1) is 28.3. The molecule has 6 rings (SSSR count). The van der Waals surface area contributed by atoms with Gasteiger partial charge >= 0.3 is 5.97 Å². The van der Waals surface area contributed by atoms with Crippen molar-refractivity contribution < 1.29 is 28.6 Å². The van der Waals surface area contributed by atoms with Crippen molar-refractivity contribution in [3.63, 3.8) is 0 Å². The maximum Gasteiger partial charge on any atom is 0.335 e. The summed E-state index contributed by atoms with van der Waals surface area (Å²) in [6.45, 7) is 8.25. The molecule has 1 amide bonds. The van der Waals surface area contributed by atoms with Crippen LogP contribution >= 0.6 is 11.6 Å². The highest BCUT2D eigenvalue weighted by Crippen LogP contribution is 2.29. The average molecular weight is 593 g/mol. The average Bonchev–Trinajstić information content (AvgIpc) is 3.57.